The van der Waals surface area contributed by atoms with Crippen molar-refractivity contribution in [3.8, 4) is 5.75 Å². The summed E-state index contributed by atoms with van der Waals surface area (Å²) in [5.41, 5.74) is -0.399. The zero-order valence-corrected chi connectivity index (χ0v) is 8.92. The van der Waals surface area contributed by atoms with Gasteiger partial charge in [-0.25, -0.2) is 4.39 Å². The Morgan fingerprint density at radius 3 is 2.82 bits per heavy atom. The fraction of sp³-hybridized carbons (Fsp3) is 0.300. The molecule has 17 heavy (non-hydrogen) atoms. The van der Waals surface area contributed by atoms with E-state index in [1.807, 2.05) is 0 Å². The van der Waals surface area contributed by atoms with E-state index in [0.717, 1.165) is 18.2 Å². The molecule has 1 N–H and O–H groups in total. The van der Waals surface area contributed by atoms with Gasteiger partial charge in [-0.05, 0) is 13.0 Å². The summed E-state index contributed by atoms with van der Waals surface area (Å²) < 4.78 is 17.8. The summed E-state index contributed by atoms with van der Waals surface area (Å²) in [4.78, 5) is 20.4. The van der Waals surface area contributed by atoms with Gasteiger partial charge in [0, 0.05) is 12.1 Å². The van der Waals surface area contributed by atoms with Gasteiger partial charge < -0.3 is 9.84 Å². The predicted octanol–water partition coefficient (Wildman–Crippen LogP) is 1.83. The standard InChI is InChI=1S/C10H10FNO5/c1-6(10(13)14)5-17-9-4-7(11)2-3-8(9)12(15)16/h2-4,6H,5H2,1H3,(H,13,14). The maximum Gasteiger partial charge on any atom is 0.311 e. The third-order valence-corrected chi connectivity index (χ3v) is 2.03. The lowest BCUT2D eigenvalue weighted by Gasteiger charge is -2.09. The molecule has 0 amide bonds. The highest BCUT2D eigenvalue weighted by Crippen LogP contribution is 2.27. The molecule has 0 aliphatic carbocycles. The summed E-state index contributed by atoms with van der Waals surface area (Å²) in [5, 5.41) is 19.2. The van der Waals surface area contributed by atoms with Gasteiger partial charge in [-0.1, -0.05) is 0 Å². The molecule has 0 bridgehead atoms. The van der Waals surface area contributed by atoms with Crippen molar-refractivity contribution >= 4 is 11.7 Å². The average molecular weight is 243 g/mol. The number of carbonyl (C=O) groups is 1. The van der Waals surface area contributed by atoms with Crippen LogP contribution in [0.15, 0.2) is 18.2 Å². The molecular formula is C10H10FNO5. The Morgan fingerprint density at radius 1 is 1.65 bits per heavy atom. The number of aliphatic carboxylic acids is 1. The minimum Gasteiger partial charge on any atom is -0.486 e. The first-order valence-electron chi connectivity index (χ1n) is 4.71. The largest absolute Gasteiger partial charge is 0.486 e. The molecule has 1 aromatic rings. The first-order valence-corrected chi connectivity index (χ1v) is 4.71. The van der Waals surface area contributed by atoms with E-state index in [4.69, 9.17) is 9.84 Å². The number of carboxylic acid groups (broad SMARTS) is 1. The Labute approximate surface area is 95.8 Å². The van der Waals surface area contributed by atoms with E-state index in [1.165, 1.54) is 6.92 Å². The van der Waals surface area contributed by atoms with Crippen LogP contribution in [0.1, 0.15) is 6.92 Å². The van der Waals surface area contributed by atoms with Crippen LogP contribution in [0.5, 0.6) is 5.75 Å². The Morgan fingerprint density at radius 2 is 2.29 bits per heavy atom. The summed E-state index contributed by atoms with van der Waals surface area (Å²) in [7, 11) is 0. The highest BCUT2D eigenvalue weighted by Gasteiger charge is 2.18. The van der Waals surface area contributed by atoms with Crippen LogP contribution < -0.4 is 4.74 Å². The summed E-state index contributed by atoms with van der Waals surface area (Å²) in [6.45, 7) is 1.12. The van der Waals surface area contributed by atoms with Crippen LogP contribution >= 0.6 is 0 Å². The SMILES string of the molecule is CC(COc1cc(F)ccc1[N+](=O)[O-])C(=O)O. The van der Waals surface area contributed by atoms with E-state index >= 15 is 0 Å². The van der Waals surface area contributed by atoms with E-state index in [2.05, 4.69) is 0 Å². The van der Waals surface area contributed by atoms with E-state index < -0.39 is 28.3 Å². The maximum absolute atomic E-state index is 12.9. The zero-order valence-electron chi connectivity index (χ0n) is 8.92. The number of nitro benzene ring substituents is 1. The quantitative estimate of drug-likeness (QED) is 0.629. The molecule has 1 rings (SSSR count). The summed E-state index contributed by atoms with van der Waals surface area (Å²) in [6.07, 6.45) is 0. The number of rotatable bonds is 5. The van der Waals surface area contributed by atoms with Gasteiger partial charge in [-0.3, -0.25) is 14.9 Å². The van der Waals surface area contributed by atoms with Crippen LogP contribution in [0.2, 0.25) is 0 Å². The van der Waals surface area contributed by atoms with Gasteiger partial charge in [0.1, 0.15) is 12.4 Å². The predicted molar refractivity (Wildman–Crippen MR) is 55.3 cm³/mol. The van der Waals surface area contributed by atoms with Crippen molar-refractivity contribution in [2.45, 2.75) is 6.92 Å². The minimum absolute atomic E-state index is 0.264. The highest BCUT2D eigenvalue weighted by molar-refractivity contribution is 5.69. The van der Waals surface area contributed by atoms with Crippen LogP contribution in [0, 0.1) is 21.8 Å². The van der Waals surface area contributed by atoms with Crippen molar-refractivity contribution in [1.82, 2.24) is 0 Å². The molecule has 0 spiro atoms. The summed E-state index contributed by atoms with van der Waals surface area (Å²) >= 11 is 0. The van der Waals surface area contributed by atoms with Crippen LogP contribution in [0.25, 0.3) is 0 Å². The molecule has 1 atom stereocenters. The van der Waals surface area contributed by atoms with E-state index in [1.54, 1.807) is 0 Å². The molecule has 0 aliphatic rings. The Hall–Kier alpha value is -2.18. The van der Waals surface area contributed by atoms with Gasteiger partial charge in [-0.2, -0.15) is 0 Å². The smallest absolute Gasteiger partial charge is 0.311 e. The fourth-order valence-electron chi connectivity index (χ4n) is 1.04. The third-order valence-electron chi connectivity index (χ3n) is 2.03. The van der Waals surface area contributed by atoms with Gasteiger partial charge in [-0.15, -0.1) is 0 Å². The summed E-state index contributed by atoms with van der Waals surface area (Å²) in [5.74, 6) is -2.89. The second kappa shape index (κ2) is 5.24. The van der Waals surface area contributed by atoms with Crippen LogP contribution in [-0.4, -0.2) is 22.6 Å². The first kappa shape index (κ1) is 12.9. The lowest BCUT2D eigenvalue weighted by Crippen LogP contribution is -2.18. The molecule has 0 saturated carbocycles. The number of carboxylic acids is 1. The van der Waals surface area contributed by atoms with Gasteiger partial charge in [0.25, 0.3) is 0 Å². The van der Waals surface area contributed by atoms with Crippen molar-refractivity contribution in [1.29, 1.82) is 0 Å². The average Bonchev–Trinajstić information content (AvgIpc) is 2.25. The lowest BCUT2D eigenvalue weighted by molar-refractivity contribution is -0.386. The van der Waals surface area contributed by atoms with Crippen molar-refractivity contribution in [2.24, 2.45) is 5.92 Å². The number of ether oxygens (including phenoxy) is 1. The number of hydrogen-bond acceptors (Lipinski definition) is 4. The van der Waals surface area contributed by atoms with Crippen molar-refractivity contribution in [3.05, 3.63) is 34.1 Å². The van der Waals surface area contributed by atoms with Crippen LogP contribution in [0.4, 0.5) is 10.1 Å². The Balaban J connectivity index is 2.85. The molecule has 6 nitrogen and oxygen atoms in total. The Kier molecular flexibility index (Phi) is 3.97. The molecule has 1 unspecified atom stereocenters. The molecule has 1 aromatic carbocycles. The van der Waals surface area contributed by atoms with E-state index in [0.29, 0.717) is 0 Å². The highest BCUT2D eigenvalue weighted by atomic mass is 19.1. The van der Waals surface area contributed by atoms with Crippen LogP contribution in [0.3, 0.4) is 0 Å². The van der Waals surface area contributed by atoms with Crippen LogP contribution in [-0.2, 0) is 4.79 Å². The normalized spacial score (nSPS) is 11.9. The summed E-state index contributed by atoms with van der Waals surface area (Å²) in [6, 6.07) is 2.76. The van der Waals surface area contributed by atoms with Crippen molar-refractivity contribution in [2.75, 3.05) is 6.61 Å². The zero-order chi connectivity index (χ0) is 13.0. The van der Waals surface area contributed by atoms with Gasteiger partial charge in [0.2, 0.25) is 0 Å². The van der Waals surface area contributed by atoms with Gasteiger partial charge in [0.15, 0.2) is 5.75 Å². The molecule has 0 aromatic heterocycles. The fourth-order valence-corrected chi connectivity index (χ4v) is 1.04. The van der Waals surface area contributed by atoms with E-state index in [9.17, 15) is 19.3 Å². The molecule has 0 heterocycles. The number of hydrogen-bond donors (Lipinski definition) is 1. The molecule has 0 saturated heterocycles. The Bertz CT molecular complexity index is 448. The number of nitrogens with zero attached hydrogens (tertiary/aromatic N) is 1. The van der Waals surface area contributed by atoms with Gasteiger partial charge in [0.05, 0.1) is 10.8 Å². The molecule has 92 valence electrons. The topological polar surface area (TPSA) is 89.7 Å². The lowest BCUT2D eigenvalue weighted by atomic mass is 10.2. The molecule has 0 fully saturated rings. The molecular weight excluding hydrogens is 233 g/mol. The second-order valence-electron chi connectivity index (χ2n) is 3.42. The number of benzene rings is 1. The maximum atomic E-state index is 12.9. The second-order valence-corrected chi connectivity index (χ2v) is 3.42. The number of halogens is 1. The minimum atomic E-state index is -1.09. The molecule has 0 aliphatic heterocycles. The molecule has 7 heteroatoms. The number of nitro groups is 1. The monoisotopic (exact) mass is 243 g/mol. The third kappa shape index (κ3) is 3.40. The van der Waals surface area contributed by atoms with Crippen molar-refractivity contribution in [3.63, 3.8) is 0 Å². The van der Waals surface area contributed by atoms with Gasteiger partial charge >= 0.3 is 11.7 Å². The molecule has 0 radical (unpaired) electrons. The van der Waals surface area contributed by atoms with E-state index in [-0.39, 0.29) is 12.4 Å². The van der Waals surface area contributed by atoms with Crippen molar-refractivity contribution < 1.29 is 24.0 Å². The first-order chi connectivity index (χ1) is 7.91.